The summed E-state index contributed by atoms with van der Waals surface area (Å²) in [6, 6.07) is 6.19. The van der Waals surface area contributed by atoms with Crippen molar-refractivity contribution in [3.8, 4) is 5.75 Å². The van der Waals surface area contributed by atoms with Gasteiger partial charge < -0.3 is 14.2 Å². The van der Waals surface area contributed by atoms with Gasteiger partial charge >= 0.3 is 11.9 Å². The molecular weight excluding hydrogens is 274 g/mol. The van der Waals surface area contributed by atoms with E-state index in [1.807, 2.05) is 12.1 Å². The van der Waals surface area contributed by atoms with Crippen molar-refractivity contribution in [2.45, 2.75) is 26.4 Å². The maximum atomic E-state index is 11.8. The third kappa shape index (κ3) is 5.43. The maximum Gasteiger partial charge on any atom is 0.334 e. The summed E-state index contributed by atoms with van der Waals surface area (Å²) in [5, 5.41) is 2.85. The van der Waals surface area contributed by atoms with Crippen LogP contribution in [0.4, 0.5) is 0 Å². The largest absolute Gasteiger partial charge is 0.497 e. The minimum atomic E-state index is -1.12. The molecule has 116 valence electrons. The van der Waals surface area contributed by atoms with Crippen molar-refractivity contribution in [2.75, 3.05) is 20.3 Å². The number of ether oxygens (including phenoxy) is 3. The monoisotopic (exact) mass is 295 g/mol. The first-order valence-electron chi connectivity index (χ1n) is 6.81. The van der Waals surface area contributed by atoms with Gasteiger partial charge in [-0.25, -0.2) is 9.59 Å². The molecule has 0 aliphatic rings. The van der Waals surface area contributed by atoms with Crippen LogP contribution < -0.4 is 10.1 Å². The second kappa shape index (κ2) is 8.97. The van der Waals surface area contributed by atoms with Crippen LogP contribution in [-0.4, -0.2) is 38.3 Å². The molecule has 0 fully saturated rings. The standard InChI is InChI=1S/C15H21NO5/c1-4-20-14(17)13(15(18)21-5-2)16-10-11-6-8-12(19-3)9-7-11/h6-9,13,16H,4-5,10H2,1-3H3. The summed E-state index contributed by atoms with van der Waals surface area (Å²) in [6.45, 7) is 4.12. The molecule has 0 saturated heterocycles. The average Bonchev–Trinajstić information content (AvgIpc) is 2.48. The van der Waals surface area contributed by atoms with Gasteiger partial charge in [-0.1, -0.05) is 12.1 Å². The summed E-state index contributed by atoms with van der Waals surface area (Å²) in [4.78, 5) is 23.6. The summed E-state index contributed by atoms with van der Waals surface area (Å²) >= 11 is 0. The minimum absolute atomic E-state index is 0.207. The molecule has 1 rings (SSSR count). The lowest BCUT2D eigenvalue weighted by molar-refractivity contribution is -0.158. The molecule has 0 heterocycles. The van der Waals surface area contributed by atoms with E-state index >= 15 is 0 Å². The Morgan fingerprint density at radius 2 is 1.57 bits per heavy atom. The smallest absolute Gasteiger partial charge is 0.334 e. The number of esters is 2. The maximum absolute atomic E-state index is 11.8. The van der Waals surface area contributed by atoms with E-state index in [1.165, 1.54) is 0 Å². The average molecular weight is 295 g/mol. The predicted octanol–water partition coefficient (Wildman–Crippen LogP) is 1.28. The van der Waals surface area contributed by atoms with E-state index in [4.69, 9.17) is 14.2 Å². The number of hydrogen-bond acceptors (Lipinski definition) is 6. The normalized spacial score (nSPS) is 10.3. The number of benzene rings is 1. The highest BCUT2D eigenvalue weighted by Gasteiger charge is 2.28. The van der Waals surface area contributed by atoms with Gasteiger partial charge in [-0.2, -0.15) is 0 Å². The second-order valence-corrected chi connectivity index (χ2v) is 4.17. The van der Waals surface area contributed by atoms with E-state index in [-0.39, 0.29) is 13.2 Å². The highest BCUT2D eigenvalue weighted by Crippen LogP contribution is 2.11. The SMILES string of the molecule is CCOC(=O)C(NCc1ccc(OC)cc1)C(=O)OCC. The molecule has 0 spiro atoms. The van der Waals surface area contributed by atoms with Crippen LogP contribution in [-0.2, 0) is 25.6 Å². The molecule has 1 aromatic carbocycles. The van der Waals surface area contributed by atoms with Crippen LogP contribution in [0.15, 0.2) is 24.3 Å². The first-order chi connectivity index (χ1) is 10.1. The van der Waals surface area contributed by atoms with Crippen LogP contribution in [0.25, 0.3) is 0 Å². The van der Waals surface area contributed by atoms with Gasteiger partial charge in [0.1, 0.15) is 5.75 Å². The van der Waals surface area contributed by atoms with E-state index in [0.717, 1.165) is 11.3 Å². The Balaban J connectivity index is 2.66. The fourth-order valence-corrected chi connectivity index (χ4v) is 1.68. The van der Waals surface area contributed by atoms with E-state index in [9.17, 15) is 9.59 Å². The van der Waals surface area contributed by atoms with Gasteiger partial charge in [0, 0.05) is 6.54 Å². The zero-order chi connectivity index (χ0) is 15.7. The van der Waals surface area contributed by atoms with Crippen molar-refractivity contribution in [3.63, 3.8) is 0 Å². The molecule has 21 heavy (non-hydrogen) atoms. The fourth-order valence-electron chi connectivity index (χ4n) is 1.68. The van der Waals surface area contributed by atoms with Gasteiger partial charge in [0.15, 0.2) is 0 Å². The first kappa shape index (κ1) is 17.0. The van der Waals surface area contributed by atoms with Crippen molar-refractivity contribution < 1.29 is 23.8 Å². The Bertz CT molecular complexity index is 440. The van der Waals surface area contributed by atoms with Crippen molar-refractivity contribution >= 4 is 11.9 Å². The van der Waals surface area contributed by atoms with Gasteiger partial charge in [-0.3, -0.25) is 5.32 Å². The van der Waals surface area contributed by atoms with Gasteiger partial charge in [-0.05, 0) is 31.5 Å². The summed E-state index contributed by atoms with van der Waals surface area (Å²) in [5.74, 6) is -0.528. The van der Waals surface area contributed by atoms with Crippen LogP contribution in [0.1, 0.15) is 19.4 Å². The van der Waals surface area contributed by atoms with Gasteiger partial charge in [0.25, 0.3) is 0 Å². The summed E-state index contributed by atoms with van der Waals surface area (Å²) in [5.41, 5.74) is 0.911. The van der Waals surface area contributed by atoms with Crippen LogP contribution in [0.2, 0.25) is 0 Å². The first-order valence-corrected chi connectivity index (χ1v) is 6.81. The number of rotatable bonds is 8. The molecule has 0 atom stereocenters. The molecule has 0 aliphatic carbocycles. The van der Waals surface area contributed by atoms with Gasteiger partial charge in [0.05, 0.1) is 20.3 Å². The van der Waals surface area contributed by atoms with E-state index in [2.05, 4.69) is 5.32 Å². The number of carbonyl (C=O) groups excluding carboxylic acids is 2. The molecule has 1 aromatic rings. The Hall–Kier alpha value is -2.08. The zero-order valence-electron chi connectivity index (χ0n) is 12.5. The van der Waals surface area contributed by atoms with Crippen molar-refractivity contribution in [1.82, 2.24) is 5.32 Å². The second-order valence-electron chi connectivity index (χ2n) is 4.17. The van der Waals surface area contributed by atoms with E-state index in [1.54, 1.807) is 33.1 Å². The summed E-state index contributed by atoms with van der Waals surface area (Å²) < 4.78 is 14.8. The van der Waals surface area contributed by atoms with Crippen LogP contribution in [0, 0.1) is 0 Å². The number of carbonyl (C=O) groups is 2. The van der Waals surface area contributed by atoms with E-state index in [0.29, 0.717) is 6.54 Å². The Morgan fingerprint density at radius 3 is 2.00 bits per heavy atom. The van der Waals surface area contributed by atoms with Crippen molar-refractivity contribution in [3.05, 3.63) is 29.8 Å². The Morgan fingerprint density at radius 1 is 1.05 bits per heavy atom. The lowest BCUT2D eigenvalue weighted by Crippen LogP contribution is -2.45. The highest BCUT2D eigenvalue weighted by atomic mass is 16.6. The quantitative estimate of drug-likeness (QED) is 0.575. The zero-order valence-corrected chi connectivity index (χ0v) is 12.5. The molecule has 1 N–H and O–H groups in total. The predicted molar refractivity (Wildman–Crippen MR) is 76.9 cm³/mol. The molecule has 0 amide bonds. The third-order valence-corrected chi connectivity index (χ3v) is 2.71. The summed E-state index contributed by atoms with van der Waals surface area (Å²) in [6.07, 6.45) is 0. The van der Waals surface area contributed by atoms with Crippen LogP contribution in [0.3, 0.4) is 0 Å². The molecule has 0 saturated carbocycles. The third-order valence-electron chi connectivity index (χ3n) is 2.71. The topological polar surface area (TPSA) is 73.9 Å². The molecule has 6 heteroatoms. The fraction of sp³-hybridized carbons (Fsp3) is 0.467. The Labute approximate surface area is 124 Å². The lowest BCUT2D eigenvalue weighted by Gasteiger charge is -2.16. The van der Waals surface area contributed by atoms with Crippen LogP contribution >= 0.6 is 0 Å². The Kier molecular flexibility index (Phi) is 7.25. The van der Waals surface area contributed by atoms with Crippen molar-refractivity contribution in [1.29, 1.82) is 0 Å². The van der Waals surface area contributed by atoms with Crippen LogP contribution in [0.5, 0.6) is 5.75 Å². The molecule has 0 unspecified atom stereocenters. The molecule has 0 bridgehead atoms. The molecule has 6 nitrogen and oxygen atoms in total. The molecule has 0 radical (unpaired) electrons. The number of nitrogens with one attached hydrogen (secondary N) is 1. The highest BCUT2D eigenvalue weighted by molar-refractivity contribution is 5.99. The van der Waals surface area contributed by atoms with Crippen molar-refractivity contribution in [2.24, 2.45) is 0 Å². The number of hydrogen-bond donors (Lipinski definition) is 1. The van der Waals surface area contributed by atoms with Gasteiger partial charge in [0.2, 0.25) is 6.04 Å². The molecule has 0 aliphatic heterocycles. The van der Waals surface area contributed by atoms with Gasteiger partial charge in [-0.15, -0.1) is 0 Å². The molecule has 0 aromatic heterocycles. The number of methoxy groups -OCH3 is 1. The molecular formula is C15H21NO5. The minimum Gasteiger partial charge on any atom is -0.497 e. The van der Waals surface area contributed by atoms with E-state index < -0.39 is 18.0 Å². The summed E-state index contributed by atoms with van der Waals surface area (Å²) in [7, 11) is 1.59. The lowest BCUT2D eigenvalue weighted by atomic mass is 10.2.